The van der Waals surface area contributed by atoms with E-state index in [2.05, 4.69) is 0 Å². The average Bonchev–Trinajstić information content (AvgIpc) is 2.71. The van der Waals surface area contributed by atoms with E-state index < -0.39 is 5.97 Å². The SMILES string of the molecule is CCN(CC)C(=O)COc1ccc(C=C(C#N)C(=O)OCCOC)cc1OC. The van der Waals surface area contributed by atoms with Crippen molar-refractivity contribution in [3.8, 4) is 17.6 Å². The lowest BCUT2D eigenvalue weighted by atomic mass is 10.1. The fourth-order valence-electron chi connectivity index (χ4n) is 2.30. The zero-order valence-corrected chi connectivity index (χ0v) is 16.7. The topological polar surface area (TPSA) is 98.1 Å². The van der Waals surface area contributed by atoms with E-state index in [0.717, 1.165) is 0 Å². The predicted octanol–water partition coefficient (Wildman–Crippen LogP) is 2.04. The van der Waals surface area contributed by atoms with Crippen LogP contribution in [0.15, 0.2) is 23.8 Å². The monoisotopic (exact) mass is 390 g/mol. The summed E-state index contributed by atoms with van der Waals surface area (Å²) >= 11 is 0. The quantitative estimate of drug-likeness (QED) is 0.247. The van der Waals surface area contributed by atoms with Gasteiger partial charge >= 0.3 is 5.97 Å². The molecule has 0 aliphatic carbocycles. The normalized spacial score (nSPS) is 10.8. The summed E-state index contributed by atoms with van der Waals surface area (Å²) in [5.74, 6) is -0.0854. The first-order chi connectivity index (χ1) is 13.5. The highest BCUT2D eigenvalue weighted by Crippen LogP contribution is 2.29. The molecule has 1 aromatic rings. The van der Waals surface area contributed by atoms with Gasteiger partial charge in [0.2, 0.25) is 0 Å². The van der Waals surface area contributed by atoms with E-state index in [4.69, 9.17) is 18.9 Å². The van der Waals surface area contributed by atoms with Crippen molar-refractivity contribution in [2.75, 3.05) is 47.1 Å². The van der Waals surface area contributed by atoms with E-state index >= 15 is 0 Å². The fourth-order valence-corrected chi connectivity index (χ4v) is 2.30. The van der Waals surface area contributed by atoms with Crippen LogP contribution in [-0.4, -0.2) is 63.9 Å². The molecular formula is C20H26N2O6. The number of methoxy groups -OCH3 is 2. The Labute approximate surface area is 165 Å². The van der Waals surface area contributed by atoms with Gasteiger partial charge in [-0.1, -0.05) is 6.07 Å². The van der Waals surface area contributed by atoms with Gasteiger partial charge in [0.05, 0.1) is 13.7 Å². The first kappa shape index (κ1) is 23.0. The molecule has 28 heavy (non-hydrogen) atoms. The van der Waals surface area contributed by atoms with Crippen molar-refractivity contribution < 1.29 is 28.5 Å². The minimum absolute atomic E-state index is 0.0605. The molecule has 0 bridgehead atoms. The second-order valence-electron chi connectivity index (χ2n) is 5.56. The number of ether oxygens (including phenoxy) is 4. The molecule has 1 amide bonds. The van der Waals surface area contributed by atoms with Gasteiger partial charge in [-0.25, -0.2) is 4.79 Å². The van der Waals surface area contributed by atoms with Gasteiger partial charge in [-0.3, -0.25) is 4.79 Å². The zero-order valence-electron chi connectivity index (χ0n) is 16.7. The number of hydrogen-bond donors (Lipinski definition) is 0. The molecule has 0 spiro atoms. The molecule has 1 rings (SSSR count). The first-order valence-electron chi connectivity index (χ1n) is 8.87. The highest BCUT2D eigenvalue weighted by Gasteiger charge is 2.14. The summed E-state index contributed by atoms with van der Waals surface area (Å²) in [4.78, 5) is 25.6. The second kappa shape index (κ2) is 12.4. The van der Waals surface area contributed by atoms with E-state index in [-0.39, 0.29) is 31.3 Å². The molecule has 0 aromatic heterocycles. The molecule has 0 saturated heterocycles. The molecule has 0 radical (unpaired) electrons. The molecular weight excluding hydrogens is 364 g/mol. The predicted molar refractivity (Wildman–Crippen MR) is 103 cm³/mol. The standard InChI is InChI=1S/C20H26N2O6/c1-5-22(6-2)19(23)14-28-17-8-7-15(12-18(17)26-4)11-16(13-21)20(24)27-10-9-25-3/h7-8,11-12H,5-6,9-10,14H2,1-4H3. The molecule has 0 atom stereocenters. The Hall–Kier alpha value is -3.05. The van der Waals surface area contributed by atoms with Crippen LogP contribution in [0, 0.1) is 11.3 Å². The Morgan fingerprint density at radius 2 is 1.86 bits per heavy atom. The number of nitrogens with zero attached hydrogens (tertiary/aromatic N) is 2. The van der Waals surface area contributed by atoms with Crippen molar-refractivity contribution in [3.63, 3.8) is 0 Å². The number of carbonyl (C=O) groups is 2. The number of benzene rings is 1. The lowest BCUT2D eigenvalue weighted by molar-refractivity contribution is -0.139. The smallest absolute Gasteiger partial charge is 0.348 e. The van der Waals surface area contributed by atoms with Crippen molar-refractivity contribution >= 4 is 18.0 Å². The summed E-state index contributed by atoms with van der Waals surface area (Å²) in [6, 6.07) is 6.70. The number of hydrogen-bond acceptors (Lipinski definition) is 7. The summed E-state index contributed by atoms with van der Waals surface area (Å²) in [7, 11) is 2.95. The van der Waals surface area contributed by atoms with Crippen LogP contribution in [0.2, 0.25) is 0 Å². The lowest BCUT2D eigenvalue weighted by Crippen LogP contribution is -2.34. The maximum atomic E-state index is 12.1. The number of likely N-dealkylation sites (N-methyl/N-ethyl adjacent to an activating group) is 1. The maximum absolute atomic E-state index is 12.1. The number of esters is 1. The molecule has 0 saturated carbocycles. The van der Waals surface area contributed by atoms with Crippen molar-refractivity contribution in [2.24, 2.45) is 0 Å². The van der Waals surface area contributed by atoms with Gasteiger partial charge in [0.1, 0.15) is 18.2 Å². The molecule has 0 aliphatic heterocycles. The van der Waals surface area contributed by atoms with Crippen molar-refractivity contribution in [2.45, 2.75) is 13.8 Å². The highest BCUT2D eigenvalue weighted by molar-refractivity contribution is 5.98. The van der Waals surface area contributed by atoms with Crippen molar-refractivity contribution in [1.82, 2.24) is 4.90 Å². The zero-order chi connectivity index (χ0) is 20.9. The van der Waals surface area contributed by atoms with E-state index in [1.54, 1.807) is 23.1 Å². The highest BCUT2D eigenvalue weighted by atomic mass is 16.6. The Bertz CT molecular complexity index is 735. The molecule has 152 valence electrons. The van der Waals surface area contributed by atoms with E-state index in [0.29, 0.717) is 30.2 Å². The van der Waals surface area contributed by atoms with Gasteiger partial charge in [0.15, 0.2) is 18.1 Å². The summed E-state index contributed by atoms with van der Waals surface area (Å²) in [6.45, 7) is 5.21. The lowest BCUT2D eigenvalue weighted by Gasteiger charge is -2.19. The van der Waals surface area contributed by atoms with E-state index in [1.807, 2.05) is 19.9 Å². The third-order valence-electron chi connectivity index (χ3n) is 3.83. The van der Waals surface area contributed by atoms with E-state index in [1.165, 1.54) is 20.3 Å². The van der Waals surface area contributed by atoms with Crippen LogP contribution in [0.4, 0.5) is 0 Å². The van der Waals surface area contributed by atoms with Crippen LogP contribution in [0.5, 0.6) is 11.5 Å². The largest absolute Gasteiger partial charge is 0.493 e. The summed E-state index contributed by atoms with van der Waals surface area (Å²) < 4.78 is 20.6. The molecule has 8 heteroatoms. The summed E-state index contributed by atoms with van der Waals surface area (Å²) in [5.41, 5.74) is 0.406. The maximum Gasteiger partial charge on any atom is 0.348 e. The fraction of sp³-hybridized carbons (Fsp3) is 0.450. The Kier molecular flexibility index (Phi) is 10.1. The number of rotatable bonds is 11. The molecule has 0 aliphatic rings. The van der Waals surface area contributed by atoms with Crippen LogP contribution in [-0.2, 0) is 19.1 Å². The third kappa shape index (κ3) is 6.93. The first-order valence-corrected chi connectivity index (χ1v) is 8.87. The molecule has 0 heterocycles. The second-order valence-corrected chi connectivity index (χ2v) is 5.56. The molecule has 0 fully saturated rings. The van der Waals surface area contributed by atoms with Crippen LogP contribution in [0.3, 0.4) is 0 Å². The van der Waals surface area contributed by atoms with Gasteiger partial charge in [0, 0.05) is 20.2 Å². The van der Waals surface area contributed by atoms with Gasteiger partial charge < -0.3 is 23.8 Å². The van der Waals surface area contributed by atoms with Crippen LogP contribution in [0.1, 0.15) is 19.4 Å². The van der Waals surface area contributed by atoms with Gasteiger partial charge in [0.25, 0.3) is 5.91 Å². The Balaban J connectivity index is 2.90. The molecule has 1 aromatic carbocycles. The molecule has 0 N–H and O–H groups in total. The number of amides is 1. The van der Waals surface area contributed by atoms with Gasteiger partial charge in [-0.2, -0.15) is 5.26 Å². The average molecular weight is 390 g/mol. The number of carbonyl (C=O) groups excluding carboxylic acids is 2. The van der Waals surface area contributed by atoms with Gasteiger partial charge in [-0.15, -0.1) is 0 Å². The molecule has 8 nitrogen and oxygen atoms in total. The van der Waals surface area contributed by atoms with Gasteiger partial charge in [-0.05, 0) is 37.6 Å². The minimum atomic E-state index is -0.733. The molecule has 0 unspecified atom stereocenters. The van der Waals surface area contributed by atoms with Crippen molar-refractivity contribution in [3.05, 3.63) is 29.3 Å². The van der Waals surface area contributed by atoms with Crippen LogP contribution >= 0.6 is 0 Å². The number of nitriles is 1. The summed E-state index contributed by atoms with van der Waals surface area (Å²) in [5, 5.41) is 9.19. The summed E-state index contributed by atoms with van der Waals surface area (Å²) in [6.07, 6.45) is 1.39. The van der Waals surface area contributed by atoms with E-state index in [9.17, 15) is 14.9 Å². The minimum Gasteiger partial charge on any atom is -0.493 e. The third-order valence-corrected chi connectivity index (χ3v) is 3.83. The Morgan fingerprint density at radius 3 is 2.43 bits per heavy atom. The van der Waals surface area contributed by atoms with Crippen LogP contribution < -0.4 is 9.47 Å². The van der Waals surface area contributed by atoms with Crippen molar-refractivity contribution in [1.29, 1.82) is 5.26 Å². The van der Waals surface area contributed by atoms with Crippen LogP contribution in [0.25, 0.3) is 6.08 Å². The Morgan fingerprint density at radius 1 is 1.14 bits per heavy atom.